The molecular formula is C16H15N5O4. The minimum absolute atomic E-state index is 0.134. The minimum atomic E-state index is -1.01. The molecule has 2 atom stereocenters. The van der Waals surface area contributed by atoms with Crippen molar-refractivity contribution in [2.24, 2.45) is 0 Å². The Morgan fingerprint density at radius 2 is 2.24 bits per heavy atom. The Labute approximate surface area is 142 Å². The molecule has 0 bridgehead atoms. The molecule has 128 valence electrons. The molecule has 9 heteroatoms. The molecule has 1 aromatic carbocycles. The predicted molar refractivity (Wildman–Crippen MR) is 84.5 cm³/mol. The molecule has 9 nitrogen and oxygen atoms in total. The summed E-state index contributed by atoms with van der Waals surface area (Å²) in [7, 11) is 0. The average molecular weight is 341 g/mol. The van der Waals surface area contributed by atoms with Crippen LogP contribution in [0.1, 0.15) is 29.6 Å². The van der Waals surface area contributed by atoms with Gasteiger partial charge in [-0.2, -0.15) is 5.26 Å². The number of nitriles is 1. The van der Waals surface area contributed by atoms with Crippen LogP contribution >= 0.6 is 0 Å². The lowest BCUT2D eigenvalue weighted by Crippen LogP contribution is -2.38. The van der Waals surface area contributed by atoms with E-state index < -0.39 is 12.0 Å². The van der Waals surface area contributed by atoms with Crippen LogP contribution in [0.4, 0.5) is 4.79 Å². The topological polar surface area (TPSA) is 132 Å². The second kappa shape index (κ2) is 6.60. The molecule has 0 saturated carbocycles. The van der Waals surface area contributed by atoms with Gasteiger partial charge >= 0.3 is 17.9 Å². The number of carboxylic acid groups (broad SMARTS) is 1. The van der Waals surface area contributed by atoms with Crippen LogP contribution in [0.25, 0.3) is 11.5 Å². The molecular weight excluding hydrogens is 326 g/mol. The number of rotatable bonds is 3. The minimum Gasteiger partial charge on any atom is -0.465 e. The highest BCUT2D eigenvalue weighted by atomic mass is 16.4. The van der Waals surface area contributed by atoms with Gasteiger partial charge in [0.05, 0.1) is 11.6 Å². The van der Waals surface area contributed by atoms with Crippen molar-refractivity contribution >= 4 is 12.0 Å². The maximum atomic E-state index is 12.2. The van der Waals surface area contributed by atoms with Gasteiger partial charge in [0.1, 0.15) is 0 Å². The van der Waals surface area contributed by atoms with Crippen LogP contribution in [0.5, 0.6) is 0 Å². The molecule has 2 heterocycles. The fraction of sp³-hybridized carbons (Fsp3) is 0.312. The third kappa shape index (κ3) is 3.42. The molecule has 3 rings (SSSR count). The van der Waals surface area contributed by atoms with Crippen LogP contribution in [0.3, 0.4) is 0 Å². The van der Waals surface area contributed by atoms with Crippen molar-refractivity contribution in [1.29, 1.82) is 5.26 Å². The number of benzene rings is 1. The van der Waals surface area contributed by atoms with Gasteiger partial charge in [0.15, 0.2) is 0 Å². The van der Waals surface area contributed by atoms with E-state index in [1.54, 1.807) is 31.2 Å². The summed E-state index contributed by atoms with van der Waals surface area (Å²) in [6.07, 6.45) is -0.495. The molecule has 2 aromatic rings. The summed E-state index contributed by atoms with van der Waals surface area (Å²) >= 11 is 0. The number of hydrogen-bond acceptors (Lipinski definition) is 6. The van der Waals surface area contributed by atoms with E-state index in [1.165, 1.54) is 4.90 Å². The molecule has 0 aliphatic carbocycles. The van der Waals surface area contributed by atoms with Gasteiger partial charge in [-0.15, -0.1) is 10.2 Å². The first-order valence-corrected chi connectivity index (χ1v) is 7.62. The Bertz CT molecular complexity index is 856. The van der Waals surface area contributed by atoms with Gasteiger partial charge in [0.25, 0.3) is 0 Å². The number of hydrogen-bond donors (Lipinski definition) is 2. The third-order valence-electron chi connectivity index (χ3n) is 4.01. The summed E-state index contributed by atoms with van der Waals surface area (Å²) in [4.78, 5) is 24.6. The van der Waals surface area contributed by atoms with Crippen molar-refractivity contribution in [2.75, 3.05) is 6.54 Å². The van der Waals surface area contributed by atoms with Crippen molar-refractivity contribution in [3.05, 3.63) is 35.7 Å². The van der Waals surface area contributed by atoms with Crippen LogP contribution in [-0.4, -0.2) is 50.8 Å². The van der Waals surface area contributed by atoms with E-state index >= 15 is 0 Å². The fourth-order valence-corrected chi connectivity index (χ4v) is 2.80. The zero-order chi connectivity index (χ0) is 18.0. The number of amides is 2. The van der Waals surface area contributed by atoms with Crippen molar-refractivity contribution in [1.82, 2.24) is 20.4 Å². The lowest BCUT2D eigenvalue weighted by atomic mass is 10.1. The maximum absolute atomic E-state index is 12.2. The lowest BCUT2D eigenvalue weighted by molar-refractivity contribution is 0.0901. The van der Waals surface area contributed by atoms with E-state index in [2.05, 4.69) is 15.5 Å². The van der Waals surface area contributed by atoms with Crippen molar-refractivity contribution in [2.45, 2.75) is 25.4 Å². The monoisotopic (exact) mass is 341 g/mol. The summed E-state index contributed by atoms with van der Waals surface area (Å²) in [6.45, 7) is 2.00. The first-order valence-electron chi connectivity index (χ1n) is 7.62. The standard InChI is InChI=1S/C16H15N5O4/c1-9-5-12(8-21(9)16(23)24)18-13(22)15-20-19-14(25-15)11-4-2-3-10(6-11)7-17/h2-4,6,9,12H,5,8H2,1H3,(H,18,22)(H,23,24)/t9-,12-/m1/s1. The Balaban J connectivity index is 1.69. The van der Waals surface area contributed by atoms with Crippen molar-refractivity contribution < 1.29 is 19.1 Å². The largest absolute Gasteiger partial charge is 0.465 e. The zero-order valence-corrected chi connectivity index (χ0v) is 13.3. The molecule has 1 fully saturated rings. The molecule has 1 saturated heterocycles. The van der Waals surface area contributed by atoms with Gasteiger partial charge in [-0.3, -0.25) is 4.79 Å². The maximum Gasteiger partial charge on any atom is 0.407 e. The number of aromatic nitrogens is 2. The van der Waals surface area contributed by atoms with E-state index in [0.717, 1.165) is 0 Å². The van der Waals surface area contributed by atoms with E-state index in [-0.39, 0.29) is 30.4 Å². The fourth-order valence-electron chi connectivity index (χ4n) is 2.80. The highest BCUT2D eigenvalue weighted by Gasteiger charge is 2.34. The van der Waals surface area contributed by atoms with Crippen LogP contribution in [0.2, 0.25) is 0 Å². The smallest absolute Gasteiger partial charge is 0.407 e. The highest BCUT2D eigenvalue weighted by molar-refractivity contribution is 5.90. The Hall–Kier alpha value is -3.41. The van der Waals surface area contributed by atoms with Crippen molar-refractivity contribution in [3.63, 3.8) is 0 Å². The first kappa shape index (κ1) is 16.4. The number of carbonyl (C=O) groups excluding carboxylic acids is 1. The molecule has 2 N–H and O–H groups in total. The summed E-state index contributed by atoms with van der Waals surface area (Å²) in [5.41, 5.74) is 0.979. The van der Waals surface area contributed by atoms with Gasteiger partial charge < -0.3 is 19.7 Å². The Morgan fingerprint density at radius 1 is 1.44 bits per heavy atom. The number of nitrogens with zero attached hydrogens (tertiary/aromatic N) is 4. The Kier molecular flexibility index (Phi) is 4.35. The average Bonchev–Trinajstić information content (AvgIpc) is 3.22. The van der Waals surface area contributed by atoms with Crippen LogP contribution in [0, 0.1) is 11.3 Å². The number of likely N-dealkylation sites (tertiary alicyclic amines) is 1. The van der Waals surface area contributed by atoms with Crippen LogP contribution in [-0.2, 0) is 0 Å². The third-order valence-corrected chi connectivity index (χ3v) is 4.01. The summed E-state index contributed by atoms with van der Waals surface area (Å²) in [6, 6.07) is 8.13. The molecule has 1 aliphatic heterocycles. The SMILES string of the molecule is C[C@@H]1C[C@@H](NC(=O)c2nnc(-c3cccc(C#N)c3)o2)CN1C(=O)O. The van der Waals surface area contributed by atoms with Gasteiger partial charge in [0, 0.05) is 24.2 Å². The quantitative estimate of drug-likeness (QED) is 0.864. The summed E-state index contributed by atoms with van der Waals surface area (Å²) < 4.78 is 5.37. The van der Waals surface area contributed by atoms with E-state index in [9.17, 15) is 9.59 Å². The van der Waals surface area contributed by atoms with Gasteiger partial charge in [-0.25, -0.2) is 4.79 Å². The normalized spacial score (nSPS) is 19.4. The van der Waals surface area contributed by atoms with Crippen molar-refractivity contribution in [3.8, 4) is 17.5 Å². The lowest BCUT2D eigenvalue weighted by Gasteiger charge is -2.16. The zero-order valence-electron chi connectivity index (χ0n) is 13.3. The number of nitrogens with one attached hydrogen (secondary N) is 1. The molecule has 0 unspecified atom stereocenters. The molecule has 1 aromatic heterocycles. The summed E-state index contributed by atoms with van der Waals surface area (Å²) in [5.74, 6) is -0.632. The second-order valence-electron chi connectivity index (χ2n) is 5.80. The predicted octanol–water partition coefficient (Wildman–Crippen LogP) is 1.48. The summed E-state index contributed by atoms with van der Waals surface area (Å²) in [5, 5.41) is 28.2. The molecule has 0 radical (unpaired) electrons. The van der Waals surface area contributed by atoms with E-state index in [1.807, 2.05) is 6.07 Å². The van der Waals surface area contributed by atoms with Crippen LogP contribution in [0.15, 0.2) is 28.7 Å². The first-order chi connectivity index (χ1) is 12.0. The highest BCUT2D eigenvalue weighted by Crippen LogP contribution is 2.20. The van der Waals surface area contributed by atoms with Gasteiger partial charge in [0.2, 0.25) is 5.89 Å². The molecule has 2 amide bonds. The number of carbonyl (C=O) groups is 2. The molecule has 1 aliphatic rings. The van der Waals surface area contributed by atoms with Gasteiger partial charge in [-0.1, -0.05) is 6.07 Å². The Morgan fingerprint density at radius 3 is 2.92 bits per heavy atom. The van der Waals surface area contributed by atoms with Crippen LogP contribution < -0.4 is 5.32 Å². The van der Waals surface area contributed by atoms with Gasteiger partial charge in [-0.05, 0) is 31.5 Å². The molecule has 0 spiro atoms. The van der Waals surface area contributed by atoms with E-state index in [4.69, 9.17) is 14.8 Å². The second-order valence-corrected chi connectivity index (χ2v) is 5.80. The molecule has 25 heavy (non-hydrogen) atoms. The van der Waals surface area contributed by atoms with E-state index in [0.29, 0.717) is 17.5 Å².